The fourth-order valence-corrected chi connectivity index (χ4v) is 3.34. The van der Waals surface area contributed by atoms with Crippen LogP contribution in [-0.2, 0) is 11.2 Å². The van der Waals surface area contributed by atoms with Crippen LogP contribution in [-0.4, -0.2) is 57.8 Å². The molecular formula is C20H20N4O4. The molecule has 8 heteroatoms. The van der Waals surface area contributed by atoms with Gasteiger partial charge in [0, 0.05) is 39.0 Å². The number of carbonyl (C=O) groups is 2. The zero-order valence-corrected chi connectivity index (χ0v) is 15.3. The number of rotatable bonds is 4. The molecule has 0 unspecified atom stereocenters. The lowest BCUT2D eigenvalue weighted by Crippen LogP contribution is -2.50. The van der Waals surface area contributed by atoms with Crippen molar-refractivity contribution >= 4 is 22.8 Å². The van der Waals surface area contributed by atoms with Crippen molar-refractivity contribution in [3.8, 4) is 0 Å². The molecule has 4 rings (SSSR count). The van der Waals surface area contributed by atoms with Gasteiger partial charge in [0.1, 0.15) is 5.69 Å². The standard InChI is InChI=1S/C20H20N4O4/c25-18(8-7-16-19(26)22-15-5-2-1-4-14(15)21-16)23-9-11-24(12-10-23)20(27)17-6-3-13-28-17/h1-6,13H,7-12H2,(H,22,26). The summed E-state index contributed by atoms with van der Waals surface area (Å²) in [5.74, 6) is 0.102. The molecule has 144 valence electrons. The molecule has 1 N–H and O–H groups in total. The van der Waals surface area contributed by atoms with Crippen LogP contribution < -0.4 is 5.56 Å². The first kappa shape index (κ1) is 18.0. The Bertz CT molecular complexity index is 1050. The van der Waals surface area contributed by atoms with Gasteiger partial charge in [-0.3, -0.25) is 14.4 Å². The van der Waals surface area contributed by atoms with Gasteiger partial charge < -0.3 is 19.2 Å². The Labute approximate surface area is 160 Å². The molecule has 3 heterocycles. The molecular weight excluding hydrogens is 360 g/mol. The number of aromatic amines is 1. The van der Waals surface area contributed by atoms with Crippen molar-refractivity contribution in [3.63, 3.8) is 0 Å². The number of hydrogen-bond acceptors (Lipinski definition) is 5. The second kappa shape index (κ2) is 7.67. The molecule has 0 aliphatic carbocycles. The molecule has 0 atom stereocenters. The molecule has 0 spiro atoms. The van der Waals surface area contributed by atoms with E-state index in [-0.39, 0.29) is 30.2 Å². The molecule has 0 radical (unpaired) electrons. The van der Waals surface area contributed by atoms with E-state index in [4.69, 9.17) is 4.42 Å². The number of para-hydroxylation sites is 2. The van der Waals surface area contributed by atoms with Crippen LogP contribution in [0.5, 0.6) is 0 Å². The minimum atomic E-state index is -0.264. The normalized spacial score (nSPS) is 14.4. The van der Waals surface area contributed by atoms with E-state index in [9.17, 15) is 14.4 Å². The van der Waals surface area contributed by atoms with E-state index in [1.807, 2.05) is 18.2 Å². The zero-order chi connectivity index (χ0) is 19.5. The molecule has 2 aromatic heterocycles. The van der Waals surface area contributed by atoms with Crippen LogP contribution >= 0.6 is 0 Å². The van der Waals surface area contributed by atoms with Crippen LogP contribution in [0.1, 0.15) is 22.7 Å². The Morgan fingerprint density at radius 2 is 1.79 bits per heavy atom. The van der Waals surface area contributed by atoms with Gasteiger partial charge in [0.25, 0.3) is 11.5 Å². The third-order valence-electron chi connectivity index (χ3n) is 4.90. The maximum Gasteiger partial charge on any atom is 0.289 e. The SMILES string of the molecule is O=C(CCc1nc2ccccc2[nH]c1=O)N1CCN(C(=O)c2ccco2)CC1. The number of hydrogen-bond donors (Lipinski definition) is 1. The third-order valence-corrected chi connectivity index (χ3v) is 4.90. The largest absolute Gasteiger partial charge is 0.459 e. The van der Waals surface area contributed by atoms with E-state index in [0.717, 1.165) is 0 Å². The fraction of sp³-hybridized carbons (Fsp3) is 0.300. The quantitative estimate of drug-likeness (QED) is 0.738. The number of aryl methyl sites for hydroxylation is 1. The van der Waals surface area contributed by atoms with Crippen LogP contribution in [0.3, 0.4) is 0 Å². The fourth-order valence-electron chi connectivity index (χ4n) is 3.34. The predicted octanol–water partition coefficient (Wildman–Crippen LogP) is 1.43. The summed E-state index contributed by atoms with van der Waals surface area (Å²) in [4.78, 5) is 47.5. The average molecular weight is 380 g/mol. The number of nitrogens with one attached hydrogen (secondary N) is 1. The van der Waals surface area contributed by atoms with Crippen molar-refractivity contribution in [3.05, 3.63) is 64.5 Å². The minimum Gasteiger partial charge on any atom is -0.459 e. The van der Waals surface area contributed by atoms with Gasteiger partial charge in [-0.25, -0.2) is 4.98 Å². The Balaban J connectivity index is 1.33. The van der Waals surface area contributed by atoms with Crippen LogP contribution in [0.25, 0.3) is 11.0 Å². The Morgan fingerprint density at radius 3 is 2.54 bits per heavy atom. The molecule has 0 saturated carbocycles. The Morgan fingerprint density at radius 1 is 1.04 bits per heavy atom. The molecule has 2 amide bonds. The molecule has 8 nitrogen and oxygen atoms in total. The van der Waals surface area contributed by atoms with E-state index < -0.39 is 0 Å². The van der Waals surface area contributed by atoms with E-state index in [2.05, 4.69) is 9.97 Å². The van der Waals surface area contributed by atoms with Gasteiger partial charge in [-0.05, 0) is 24.3 Å². The first-order valence-electron chi connectivity index (χ1n) is 9.20. The zero-order valence-electron chi connectivity index (χ0n) is 15.3. The minimum absolute atomic E-state index is 0.0422. The highest BCUT2D eigenvalue weighted by Crippen LogP contribution is 2.11. The monoisotopic (exact) mass is 380 g/mol. The topological polar surface area (TPSA) is 99.5 Å². The highest BCUT2D eigenvalue weighted by molar-refractivity contribution is 5.91. The molecule has 1 aliphatic rings. The summed E-state index contributed by atoms with van der Waals surface area (Å²) >= 11 is 0. The number of carbonyl (C=O) groups excluding carboxylic acids is 2. The first-order valence-corrected chi connectivity index (χ1v) is 9.20. The number of piperazine rings is 1. The Hall–Kier alpha value is -3.42. The molecule has 28 heavy (non-hydrogen) atoms. The van der Waals surface area contributed by atoms with Crippen LogP contribution in [0, 0.1) is 0 Å². The second-order valence-corrected chi connectivity index (χ2v) is 6.68. The first-order chi connectivity index (χ1) is 13.6. The second-order valence-electron chi connectivity index (χ2n) is 6.68. The Kier molecular flexibility index (Phi) is 4.92. The summed E-state index contributed by atoms with van der Waals surface area (Å²) in [7, 11) is 0. The van der Waals surface area contributed by atoms with E-state index in [1.54, 1.807) is 28.0 Å². The van der Waals surface area contributed by atoms with E-state index >= 15 is 0 Å². The maximum absolute atomic E-state index is 12.5. The molecule has 1 aliphatic heterocycles. The summed E-state index contributed by atoms with van der Waals surface area (Å²) in [6.07, 6.45) is 1.96. The number of amides is 2. The van der Waals surface area contributed by atoms with Gasteiger partial charge in [0.15, 0.2) is 5.76 Å². The molecule has 1 saturated heterocycles. The van der Waals surface area contributed by atoms with Crippen molar-refractivity contribution in [1.82, 2.24) is 19.8 Å². The summed E-state index contributed by atoms with van der Waals surface area (Å²) in [6, 6.07) is 10.6. The van der Waals surface area contributed by atoms with Gasteiger partial charge in [-0.1, -0.05) is 12.1 Å². The van der Waals surface area contributed by atoms with Crippen molar-refractivity contribution in [1.29, 1.82) is 0 Å². The van der Waals surface area contributed by atoms with E-state index in [1.165, 1.54) is 6.26 Å². The maximum atomic E-state index is 12.5. The average Bonchev–Trinajstić information content (AvgIpc) is 3.26. The highest BCUT2D eigenvalue weighted by atomic mass is 16.3. The summed E-state index contributed by atoms with van der Waals surface area (Å²) < 4.78 is 5.14. The summed E-state index contributed by atoms with van der Waals surface area (Å²) in [5, 5.41) is 0. The van der Waals surface area contributed by atoms with E-state index in [0.29, 0.717) is 48.7 Å². The van der Waals surface area contributed by atoms with Crippen LogP contribution in [0.2, 0.25) is 0 Å². The number of H-pyrrole nitrogens is 1. The van der Waals surface area contributed by atoms with Gasteiger partial charge in [0.2, 0.25) is 5.91 Å². The summed E-state index contributed by atoms with van der Waals surface area (Å²) in [6.45, 7) is 1.85. The smallest absolute Gasteiger partial charge is 0.289 e. The predicted molar refractivity (Wildman–Crippen MR) is 102 cm³/mol. The van der Waals surface area contributed by atoms with Gasteiger partial charge in [0.05, 0.1) is 17.3 Å². The molecule has 1 aromatic carbocycles. The summed E-state index contributed by atoms with van der Waals surface area (Å²) in [5.41, 5.74) is 1.48. The highest BCUT2D eigenvalue weighted by Gasteiger charge is 2.26. The lowest BCUT2D eigenvalue weighted by atomic mass is 10.2. The van der Waals surface area contributed by atoms with Crippen molar-refractivity contribution in [2.45, 2.75) is 12.8 Å². The van der Waals surface area contributed by atoms with Crippen LogP contribution in [0.15, 0.2) is 51.9 Å². The number of furan rings is 1. The number of benzene rings is 1. The third kappa shape index (κ3) is 3.66. The molecule has 1 fully saturated rings. The molecule has 0 bridgehead atoms. The lowest BCUT2D eigenvalue weighted by Gasteiger charge is -2.34. The molecule has 3 aromatic rings. The van der Waals surface area contributed by atoms with Gasteiger partial charge >= 0.3 is 0 Å². The van der Waals surface area contributed by atoms with Crippen molar-refractivity contribution in [2.24, 2.45) is 0 Å². The van der Waals surface area contributed by atoms with Gasteiger partial charge in [-0.15, -0.1) is 0 Å². The van der Waals surface area contributed by atoms with Gasteiger partial charge in [-0.2, -0.15) is 0 Å². The van der Waals surface area contributed by atoms with Crippen molar-refractivity contribution < 1.29 is 14.0 Å². The number of fused-ring (bicyclic) bond motifs is 1. The lowest BCUT2D eigenvalue weighted by molar-refractivity contribution is -0.132. The number of nitrogens with zero attached hydrogens (tertiary/aromatic N) is 3. The van der Waals surface area contributed by atoms with Crippen molar-refractivity contribution in [2.75, 3.05) is 26.2 Å². The van der Waals surface area contributed by atoms with Crippen LogP contribution in [0.4, 0.5) is 0 Å². The number of aromatic nitrogens is 2.